The summed E-state index contributed by atoms with van der Waals surface area (Å²) in [6, 6.07) is 11.5. The minimum atomic E-state index is -0.617. The molecule has 110 valence electrons. The van der Waals surface area contributed by atoms with Crippen LogP contribution in [-0.2, 0) is 10.2 Å². The van der Waals surface area contributed by atoms with Gasteiger partial charge in [0.2, 0.25) is 11.8 Å². The summed E-state index contributed by atoms with van der Waals surface area (Å²) < 4.78 is 5.07. The maximum Gasteiger partial charge on any atom is 0.234 e. The summed E-state index contributed by atoms with van der Waals surface area (Å²) in [6.07, 6.45) is 1.62. The zero-order valence-electron chi connectivity index (χ0n) is 12.8. The molecule has 21 heavy (non-hydrogen) atoms. The van der Waals surface area contributed by atoms with Crippen LogP contribution in [0.4, 0.5) is 5.69 Å². The molecule has 0 atom stereocenters. The van der Waals surface area contributed by atoms with Crippen molar-refractivity contribution >= 4 is 11.6 Å². The fourth-order valence-electron chi connectivity index (χ4n) is 2.04. The van der Waals surface area contributed by atoms with Crippen molar-refractivity contribution in [3.8, 4) is 5.88 Å². The molecule has 0 radical (unpaired) electrons. The molecule has 4 nitrogen and oxygen atoms in total. The number of amides is 1. The van der Waals surface area contributed by atoms with E-state index in [9.17, 15) is 4.79 Å². The summed E-state index contributed by atoms with van der Waals surface area (Å²) in [5.74, 6) is 0.469. The lowest BCUT2D eigenvalue weighted by atomic mass is 9.83. The van der Waals surface area contributed by atoms with Crippen LogP contribution in [0.1, 0.15) is 25.0 Å². The third-order valence-corrected chi connectivity index (χ3v) is 3.61. The van der Waals surface area contributed by atoms with Crippen molar-refractivity contribution in [2.75, 3.05) is 12.4 Å². The van der Waals surface area contributed by atoms with Crippen molar-refractivity contribution in [3.05, 3.63) is 53.7 Å². The Hall–Kier alpha value is -2.36. The number of pyridine rings is 1. The first-order valence-electron chi connectivity index (χ1n) is 6.83. The maximum atomic E-state index is 12.6. The van der Waals surface area contributed by atoms with Crippen LogP contribution in [0.3, 0.4) is 0 Å². The predicted molar refractivity (Wildman–Crippen MR) is 83.6 cm³/mol. The van der Waals surface area contributed by atoms with Gasteiger partial charge >= 0.3 is 0 Å². The van der Waals surface area contributed by atoms with Gasteiger partial charge in [-0.25, -0.2) is 4.98 Å². The van der Waals surface area contributed by atoms with Crippen LogP contribution in [0, 0.1) is 6.92 Å². The van der Waals surface area contributed by atoms with Gasteiger partial charge in [-0.15, -0.1) is 0 Å². The third-order valence-electron chi connectivity index (χ3n) is 3.61. The van der Waals surface area contributed by atoms with Gasteiger partial charge in [-0.1, -0.05) is 30.3 Å². The van der Waals surface area contributed by atoms with Gasteiger partial charge in [-0.3, -0.25) is 4.79 Å². The second-order valence-corrected chi connectivity index (χ2v) is 5.49. The number of ether oxygens (including phenoxy) is 1. The first kappa shape index (κ1) is 15.0. The van der Waals surface area contributed by atoms with Crippen molar-refractivity contribution in [1.29, 1.82) is 0 Å². The average Bonchev–Trinajstić information content (AvgIpc) is 2.50. The van der Waals surface area contributed by atoms with E-state index in [0.717, 1.165) is 11.1 Å². The minimum absolute atomic E-state index is 0.0660. The van der Waals surface area contributed by atoms with Gasteiger partial charge in [0.15, 0.2) is 0 Å². The summed E-state index contributed by atoms with van der Waals surface area (Å²) >= 11 is 0. The summed E-state index contributed by atoms with van der Waals surface area (Å²) in [6.45, 7) is 5.73. The lowest BCUT2D eigenvalue weighted by Crippen LogP contribution is -2.34. The first-order valence-corrected chi connectivity index (χ1v) is 6.83. The van der Waals surface area contributed by atoms with E-state index in [1.807, 2.05) is 51.1 Å². The molecule has 2 rings (SSSR count). The van der Waals surface area contributed by atoms with E-state index in [-0.39, 0.29) is 5.91 Å². The molecule has 1 aromatic heterocycles. The smallest absolute Gasteiger partial charge is 0.234 e. The number of aryl methyl sites for hydroxylation is 1. The minimum Gasteiger partial charge on any atom is -0.481 e. The number of methoxy groups -OCH3 is 1. The number of carbonyl (C=O) groups is 1. The van der Waals surface area contributed by atoms with E-state index in [4.69, 9.17) is 4.74 Å². The molecule has 4 heteroatoms. The Morgan fingerprint density at radius 2 is 1.90 bits per heavy atom. The molecule has 0 saturated carbocycles. The van der Waals surface area contributed by atoms with Crippen molar-refractivity contribution in [1.82, 2.24) is 4.98 Å². The Morgan fingerprint density at radius 1 is 1.24 bits per heavy atom. The van der Waals surface area contributed by atoms with Crippen molar-refractivity contribution < 1.29 is 9.53 Å². The van der Waals surface area contributed by atoms with Gasteiger partial charge in [-0.05, 0) is 31.9 Å². The highest BCUT2D eigenvalue weighted by atomic mass is 16.5. The van der Waals surface area contributed by atoms with Gasteiger partial charge in [0.1, 0.15) is 0 Å². The predicted octanol–water partition coefficient (Wildman–Crippen LogP) is 3.31. The lowest BCUT2D eigenvalue weighted by Gasteiger charge is -2.24. The van der Waals surface area contributed by atoms with Crippen LogP contribution < -0.4 is 10.1 Å². The van der Waals surface area contributed by atoms with Gasteiger partial charge in [0.05, 0.1) is 24.4 Å². The van der Waals surface area contributed by atoms with Gasteiger partial charge in [-0.2, -0.15) is 0 Å². The van der Waals surface area contributed by atoms with E-state index < -0.39 is 5.41 Å². The van der Waals surface area contributed by atoms with E-state index in [0.29, 0.717) is 11.6 Å². The molecule has 1 amide bonds. The highest BCUT2D eigenvalue weighted by molar-refractivity contribution is 5.98. The molecule has 0 saturated heterocycles. The standard InChI is InChI=1S/C17H20N2O2/c1-12-10-15(21-4)18-11-14(12)19-16(20)17(2,3)13-8-6-5-7-9-13/h5-11H,1-4H3,(H,19,20). The number of benzene rings is 1. The molecule has 1 aromatic carbocycles. The molecule has 0 fully saturated rings. The van der Waals surface area contributed by atoms with E-state index in [2.05, 4.69) is 10.3 Å². The average molecular weight is 284 g/mol. The molecule has 1 N–H and O–H groups in total. The van der Waals surface area contributed by atoms with Gasteiger partial charge in [0.25, 0.3) is 0 Å². The number of anilines is 1. The second-order valence-electron chi connectivity index (χ2n) is 5.49. The molecule has 1 heterocycles. The Bertz CT molecular complexity index is 636. The molecule has 0 spiro atoms. The monoisotopic (exact) mass is 284 g/mol. The molecule has 0 aliphatic heterocycles. The molecule has 0 aliphatic carbocycles. The number of nitrogens with one attached hydrogen (secondary N) is 1. The van der Waals surface area contributed by atoms with Gasteiger partial charge in [0, 0.05) is 6.07 Å². The second kappa shape index (κ2) is 5.95. The maximum absolute atomic E-state index is 12.6. The Balaban J connectivity index is 2.21. The van der Waals surface area contributed by atoms with Crippen LogP contribution in [0.5, 0.6) is 5.88 Å². The number of hydrogen-bond donors (Lipinski definition) is 1. The zero-order valence-corrected chi connectivity index (χ0v) is 12.8. The third kappa shape index (κ3) is 3.21. The zero-order chi connectivity index (χ0) is 15.5. The quantitative estimate of drug-likeness (QED) is 0.937. The largest absolute Gasteiger partial charge is 0.481 e. The molecule has 2 aromatic rings. The van der Waals surface area contributed by atoms with Crippen LogP contribution in [0.25, 0.3) is 0 Å². The Labute approximate surface area is 125 Å². The van der Waals surface area contributed by atoms with E-state index >= 15 is 0 Å². The van der Waals surface area contributed by atoms with Crippen molar-refractivity contribution in [3.63, 3.8) is 0 Å². The van der Waals surface area contributed by atoms with E-state index in [1.54, 1.807) is 19.4 Å². The van der Waals surface area contributed by atoms with Crippen LogP contribution in [0.15, 0.2) is 42.6 Å². The molecule has 0 bridgehead atoms. The highest BCUT2D eigenvalue weighted by Gasteiger charge is 2.29. The summed E-state index contributed by atoms with van der Waals surface area (Å²) in [5.41, 5.74) is 1.97. The number of rotatable bonds is 4. The molecular weight excluding hydrogens is 264 g/mol. The fourth-order valence-corrected chi connectivity index (χ4v) is 2.04. The number of carbonyl (C=O) groups excluding carboxylic acids is 1. The number of hydrogen-bond acceptors (Lipinski definition) is 3. The molecule has 0 aliphatic rings. The Morgan fingerprint density at radius 3 is 2.48 bits per heavy atom. The van der Waals surface area contributed by atoms with Crippen molar-refractivity contribution in [2.24, 2.45) is 0 Å². The van der Waals surface area contributed by atoms with Crippen molar-refractivity contribution in [2.45, 2.75) is 26.2 Å². The fraction of sp³-hybridized carbons (Fsp3) is 0.294. The molecular formula is C17H20N2O2. The lowest BCUT2D eigenvalue weighted by molar-refractivity contribution is -0.120. The number of aromatic nitrogens is 1. The van der Waals surface area contributed by atoms with Gasteiger partial charge < -0.3 is 10.1 Å². The summed E-state index contributed by atoms with van der Waals surface area (Å²) in [7, 11) is 1.57. The SMILES string of the molecule is COc1cc(C)c(NC(=O)C(C)(C)c2ccccc2)cn1. The van der Waals surface area contributed by atoms with Crippen LogP contribution in [-0.4, -0.2) is 18.0 Å². The highest BCUT2D eigenvalue weighted by Crippen LogP contribution is 2.26. The Kier molecular flexibility index (Phi) is 4.26. The number of nitrogens with zero attached hydrogens (tertiary/aromatic N) is 1. The summed E-state index contributed by atoms with van der Waals surface area (Å²) in [4.78, 5) is 16.7. The normalized spacial score (nSPS) is 11.0. The molecule has 0 unspecified atom stereocenters. The topological polar surface area (TPSA) is 51.2 Å². The van der Waals surface area contributed by atoms with E-state index in [1.165, 1.54) is 0 Å². The summed E-state index contributed by atoms with van der Waals surface area (Å²) in [5, 5.41) is 2.94. The first-order chi connectivity index (χ1) is 9.95. The van der Waals surface area contributed by atoms with Crippen LogP contribution >= 0.6 is 0 Å². The van der Waals surface area contributed by atoms with Crippen LogP contribution in [0.2, 0.25) is 0 Å².